The maximum atomic E-state index is 12.8. The van der Waals surface area contributed by atoms with Crippen molar-refractivity contribution in [3.8, 4) is 0 Å². The van der Waals surface area contributed by atoms with E-state index in [2.05, 4.69) is 4.98 Å². The zero-order valence-electron chi connectivity index (χ0n) is 15.0. The normalized spacial score (nSPS) is 17.3. The molecule has 136 valence electrons. The van der Waals surface area contributed by atoms with Crippen LogP contribution in [-0.4, -0.2) is 59.3 Å². The Kier molecular flexibility index (Phi) is 6.03. The fourth-order valence-electron chi connectivity index (χ4n) is 3.03. The summed E-state index contributed by atoms with van der Waals surface area (Å²) in [4.78, 5) is 18.5. The summed E-state index contributed by atoms with van der Waals surface area (Å²) in [5.74, 6) is 0.841. The van der Waals surface area contributed by atoms with E-state index in [0.717, 1.165) is 12.8 Å². The average molecular weight is 356 g/mol. The Balaban J connectivity index is 2.11. The van der Waals surface area contributed by atoms with Gasteiger partial charge in [-0.3, -0.25) is 4.79 Å². The molecule has 0 aromatic carbocycles. The number of nitrogens with zero attached hydrogens (tertiary/aromatic N) is 4. The summed E-state index contributed by atoms with van der Waals surface area (Å²) in [5.41, 5.74) is 0. The predicted octanol–water partition coefficient (Wildman–Crippen LogP) is 1.39. The van der Waals surface area contributed by atoms with Crippen molar-refractivity contribution in [1.29, 1.82) is 0 Å². The van der Waals surface area contributed by atoms with E-state index in [4.69, 9.17) is 0 Å². The van der Waals surface area contributed by atoms with E-state index in [1.165, 1.54) is 4.31 Å². The fraction of sp³-hybridized carbons (Fsp3) is 0.750. The van der Waals surface area contributed by atoms with Gasteiger partial charge in [0.2, 0.25) is 5.91 Å². The number of hydrogen-bond donors (Lipinski definition) is 0. The van der Waals surface area contributed by atoms with E-state index in [-0.39, 0.29) is 16.9 Å². The smallest absolute Gasteiger partial charge is 0.262 e. The van der Waals surface area contributed by atoms with E-state index in [0.29, 0.717) is 38.4 Å². The van der Waals surface area contributed by atoms with Crippen molar-refractivity contribution < 1.29 is 13.2 Å². The van der Waals surface area contributed by atoms with Gasteiger partial charge in [-0.2, -0.15) is 4.31 Å². The fourth-order valence-corrected chi connectivity index (χ4v) is 4.53. The van der Waals surface area contributed by atoms with Crippen molar-refractivity contribution >= 4 is 15.9 Å². The van der Waals surface area contributed by atoms with Gasteiger partial charge in [-0.05, 0) is 26.2 Å². The maximum Gasteiger partial charge on any atom is 0.262 e. The van der Waals surface area contributed by atoms with Crippen LogP contribution in [0.5, 0.6) is 0 Å². The van der Waals surface area contributed by atoms with E-state index in [1.54, 1.807) is 24.7 Å². The highest BCUT2D eigenvalue weighted by atomic mass is 32.2. The number of aryl methyl sites for hydroxylation is 2. The zero-order valence-corrected chi connectivity index (χ0v) is 15.8. The molecule has 0 spiro atoms. The molecule has 0 atom stereocenters. The summed E-state index contributed by atoms with van der Waals surface area (Å²) in [7, 11) is -1.83. The van der Waals surface area contributed by atoms with Crippen LogP contribution in [0.3, 0.4) is 0 Å². The van der Waals surface area contributed by atoms with Crippen LogP contribution in [0.4, 0.5) is 0 Å². The predicted molar refractivity (Wildman–Crippen MR) is 92.0 cm³/mol. The standard InChI is InChI=1S/C16H28N4O3S/c1-5-14(6-2)16(21)19-8-7-9-20(11-10-19)24(22,23)15-12-18(4)13(3)17-15/h12,14H,5-11H2,1-4H3. The molecular weight excluding hydrogens is 328 g/mol. The summed E-state index contributed by atoms with van der Waals surface area (Å²) < 4.78 is 28.7. The van der Waals surface area contributed by atoms with Gasteiger partial charge in [0.1, 0.15) is 5.82 Å². The molecule has 1 saturated heterocycles. The summed E-state index contributed by atoms with van der Waals surface area (Å²) in [6.45, 7) is 7.61. The van der Waals surface area contributed by atoms with E-state index in [9.17, 15) is 13.2 Å². The largest absolute Gasteiger partial charge is 0.341 e. The van der Waals surface area contributed by atoms with Crippen molar-refractivity contribution in [1.82, 2.24) is 18.8 Å². The van der Waals surface area contributed by atoms with Crippen LogP contribution in [0.25, 0.3) is 0 Å². The molecule has 1 aromatic rings. The lowest BCUT2D eigenvalue weighted by Gasteiger charge is -2.25. The average Bonchev–Trinajstić information content (AvgIpc) is 2.77. The minimum atomic E-state index is -3.60. The quantitative estimate of drug-likeness (QED) is 0.799. The number of imidazole rings is 1. The lowest BCUT2D eigenvalue weighted by molar-refractivity contribution is -0.135. The summed E-state index contributed by atoms with van der Waals surface area (Å²) in [6.07, 6.45) is 3.84. The van der Waals surface area contributed by atoms with E-state index < -0.39 is 10.0 Å². The van der Waals surface area contributed by atoms with Gasteiger partial charge in [-0.15, -0.1) is 0 Å². The molecule has 0 unspecified atom stereocenters. The van der Waals surface area contributed by atoms with Crippen molar-refractivity contribution in [3.05, 3.63) is 12.0 Å². The first kappa shape index (κ1) is 18.9. The second-order valence-electron chi connectivity index (χ2n) is 6.33. The molecule has 8 heteroatoms. The van der Waals surface area contributed by atoms with Gasteiger partial charge in [0.05, 0.1) is 0 Å². The SMILES string of the molecule is CCC(CC)C(=O)N1CCCN(S(=O)(=O)c2cn(C)c(C)n2)CC1. The monoisotopic (exact) mass is 356 g/mol. The number of rotatable bonds is 5. The lowest BCUT2D eigenvalue weighted by atomic mass is 10.0. The van der Waals surface area contributed by atoms with E-state index >= 15 is 0 Å². The van der Waals surface area contributed by atoms with Gasteiger partial charge in [0.15, 0.2) is 5.03 Å². The molecule has 1 fully saturated rings. The molecule has 24 heavy (non-hydrogen) atoms. The van der Waals surface area contributed by atoms with Crippen LogP contribution in [0.1, 0.15) is 38.9 Å². The number of amides is 1. The van der Waals surface area contributed by atoms with Crippen LogP contribution in [0, 0.1) is 12.8 Å². The van der Waals surface area contributed by atoms with Gasteiger partial charge in [0.25, 0.3) is 10.0 Å². The molecule has 0 aliphatic carbocycles. The summed E-state index contributed by atoms with van der Waals surface area (Å²) in [5, 5.41) is 0.0854. The molecule has 0 N–H and O–H groups in total. The molecule has 0 saturated carbocycles. The van der Waals surface area contributed by atoms with Crippen molar-refractivity contribution in [2.45, 2.75) is 45.1 Å². The molecule has 2 heterocycles. The second-order valence-corrected chi connectivity index (χ2v) is 8.22. The lowest BCUT2D eigenvalue weighted by Crippen LogP contribution is -2.39. The molecule has 1 aromatic heterocycles. The third-order valence-corrected chi connectivity index (χ3v) is 6.56. The summed E-state index contributed by atoms with van der Waals surface area (Å²) >= 11 is 0. The third-order valence-electron chi connectivity index (χ3n) is 4.79. The van der Waals surface area contributed by atoms with E-state index in [1.807, 2.05) is 18.7 Å². The number of carbonyl (C=O) groups is 1. The van der Waals surface area contributed by atoms with Gasteiger partial charge >= 0.3 is 0 Å². The Morgan fingerprint density at radius 1 is 1.21 bits per heavy atom. The van der Waals surface area contributed by atoms with Gasteiger partial charge < -0.3 is 9.47 Å². The maximum absolute atomic E-state index is 12.8. The van der Waals surface area contributed by atoms with Crippen molar-refractivity contribution in [2.24, 2.45) is 13.0 Å². The Morgan fingerprint density at radius 3 is 2.42 bits per heavy atom. The first-order valence-electron chi connectivity index (χ1n) is 8.60. The molecule has 1 amide bonds. The van der Waals surface area contributed by atoms with Gasteiger partial charge in [-0.25, -0.2) is 13.4 Å². The number of aromatic nitrogens is 2. The number of carbonyl (C=O) groups excluding carboxylic acids is 1. The van der Waals surface area contributed by atoms with Crippen LogP contribution < -0.4 is 0 Å². The zero-order chi connectivity index (χ0) is 17.9. The first-order valence-corrected chi connectivity index (χ1v) is 10.0. The number of hydrogen-bond acceptors (Lipinski definition) is 4. The highest BCUT2D eigenvalue weighted by Gasteiger charge is 2.31. The molecule has 1 aliphatic rings. The Labute approximate surface area is 144 Å². The third kappa shape index (κ3) is 3.80. The van der Waals surface area contributed by atoms with Crippen LogP contribution in [0.15, 0.2) is 11.2 Å². The van der Waals surface area contributed by atoms with Crippen LogP contribution in [-0.2, 0) is 21.9 Å². The summed E-state index contributed by atoms with van der Waals surface area (Å²) in [6, 6.07) is 0. The Hall–Kier alpha value is -1.41. The molecule has 1 aliphatic heterocycles. The molecular formula is C16H28N4O3S. The van der Waals surface area contributed by atoms with Crippen LogP contribution in [0.2, 0.25) is 0 Å². The highest BCUT2D eigenvalue weighted by molar-refractivity contribution is 7.89. The highest BCUT2D eigenvalue weighted by Crippen LogP contribution is 2.19. The number of sulfonamides is 1. The minimum Gasteiger partial charge on any atom is -0.341 e. The Morgan fingerprint density at radius 2 is 1.88 bits per heavy atom. The molecule has 0 bridgehead atoms. The molecule has 2 rings (SSSR count). The van der Waals surface area contributed by atoms with Crippen molar-refractivity contribution in [3.63, 3.8) is 0 Å². The van der Waals surface area contributed by atoms with Gasteiger partial charge in [0, 0.05) is 45.3 Å². The topological polar surface area (TPSA) is 75.5 Å². The first-order chi connectivity index (χ1) is 11.3. The molecule has 7 nitrogen and oxygen atoms in total. The second kappa shape index (κ2) is 7.65. The van der Waals surface area contributed by atoms with Crippen molar-refractivity contribution in [2.75, 3.05) is 26.2 Å². The minimum absolute atomic E-state index is 0.0339. The van der Waals surface area contributed by atoms with Crippen LogP contribution >= 0.6 is 0 Å². The van der Waals surface area contributed by atoms with Gasteiger partial charge in [-0.1, -0.05) is 13.8 Å². The Bertz CT molecular complexity index is 660. The molecule has 0 radical (unpaired) electrons.